The molecular weight excluding hydrogens is 275 g/mol. The molecule has 0 saturated carbocycles. The fourth-order valence-electron chi connectivity index (χ4n) is 1.35. The number of rotatable bonds is 4. The Balaban J connectivity index is 2.92. The fourth-order valence-corrected chi connectivity index (χ4v) is 2.27. The molecule has 0 radical (unpaired) electrons. The van der Waals surface area contributed by atoms with Crippen LogP contribution in [0, 0.1) is 5.92 Å². The van der Waals surface area contributed by atoms with Crippen LogP contribution in [0.1, 0.15) is 31.7 Å². The second-order valence-corrected chi connectivity index (χ2v) is 5.09. The van der Waals surface area contributed by atoms with E-state index in [1.165, 1.54) is 0 Å². The molecule has 1 unspecified atom stereocenters. The summed E-state index contributed by atoms with van der Waals surface area (Å²) in [5.41, 5.74) is 1.12. The van der Waals surface area contributed by atoms with Gasteiger partial charge in [-0.1, -0.05) is 35.8 Å². The van der Waals surface area contributed by atoms with Crippen molar-refractivity contribution in [1.29, 1.82) is 0 Å². The first-order chi connectivity index (χ1) is 7.06. The molecule has 1 aromatic rings. The highest BCUT2D eigenvalue weighted by molar-refractivity contribution is 9.10. The molecule has 0 aliphatic heterocycles. The molecule has 0 aromatic heterocycles. The number of ether oxygens (including phenoxy) is 1. The minimum atomic E-state index is 0.0371. The Hall–Kier alpha value is -0.210. The molecule has 84 valence electrons. The van der Waals surface area contributed by atoms with Crippen LogP contribution in [0.25, 0.3) is 0 Å². The highest BCUT2D eigenvalue weighted by atomic mass is 79.9. The largest absolute Gasteiger partial charge is 0.494 e. The van der Waals surface area contributed by atoms with Crippen LogP contribution in [0.4, 0.5) is 0 Å². The molecule has 0 fully saturated rings. The molecule has 0 saturated heterocycles. The highest BCUT2D eigenvalue weighted by Gasteiger charge is 2.15. The smallest absolute Gasteiger partial charge is 0.120 e. The molecule has 0 aliphatic rings. The Labute approximate surface area is 105 Å². The maximum atomic E-state index is 6.30. The van der Waals surface area contributed by atoms with Gasteiger partial charge in [0.05, 0.1) is 12.0 Å². The van der Waals surface area contributed by atoms with Gasteiger partial charge >= 0.3 is 0 Å². The molecule has 0 amide bonds. The van der Waals surface area contributed by atoms with E-state index in [4.69, 9.17) is 16.3 Å². The Kier molecular flexibility index (Phi) is 4.94. The van der Waals surface area contributed by atoms with Crippen LogP contribution in [0.3, 0.4) is 0 Å². The Bertz CT molecular complexity index is 325. The molecule has 0 bridgehead atoms. The maximum absolute atomic E-state index is 6.30. The molecule has 1 nitrogen and oxygen atoms in total. The van der Waals surface area contributed by atoms with Crippen molar-refractivity contribution in [3.63, 3.8) is 0 Å². The summed E-state index contributed by atoms with van der Waals surface area (Å²) in [6.45, 7) is 6.88. The van der Waals surface area contributed by atoms with Crippen LogP contribution in [-0.4, -0.2) is 6.61 Å². The first-order valence-electron chi connectivity index (χ1n) is 5.12. The first-order valence-corrected chi connectivity index (χ1v) is 6.35. The lowest BCUT2D eigenvalue weighted by Crippen LogP contribution is -2.01. The van der Waals surface area contributed by atoms with Crippen LogP contribution >= 0.6 is 27.5 Å². The third kappa shape index (κ3) is 3.39. The van der Waals surface area contributed by atoms with Crippen LogP contribution < -0.4 is 4.74 Å². The average Bonchev–Trinajstić information content (AvgIpc) is 2.17. The SMILES string of the molecule is CCOc1ccc(C(Cl)C(C)C)c(Br)c1. The molecular formula is C12H16BrClO. The minimum absolute atomic E-state index is 0.0371. The van der Waals surface area contributed by atoms with Crippen molar-refractivity contribution in [2.75, 3.05) is 6.61 Å². The van der Waals surface area contributed by atoms with Gasteiger partial charge in [0.1, 0.15) is 5.75 Å². The van der Waals surface area contributed by atoms with E-state index in [1.807, 2.05) is 25.1 Å². The van der Waals surface area contributed by atoms with E-state index < -0.39 is 0 Å². The van der Waals surface area contributed by atoms with E-state index in [-0.39, 0.29) is 5.38 Å². The Morgan fingerprint density at radius 1 is 1.40 bits per heavy atom. The van der Waals surface area contributed by atoms with Crippen molar-refractivity contribution in [1.82, 2.24) is 0 Å². The second kappa shape index (κ2) is 5.76. The summed E-state index contributed by atoms with van der Waals surface area (Å²) in [5, 5.41) is 0.0371. The zero-order valence-corrected chi connectivity index (χ0v) is 11.6. The van der Waals surface area contributed by atoms with Crippen molar-refractivity contribution >= 4 is 27.5 Å². The third-order valence-electron chi connectivity index (χ3n) is 2.17. The standard InChI is InChI=1S/C12H16BrClO/c1-4-15-9-5-6-10(11(13)7-9)12(14)8(2)3/h5-8,12H,4H2,1-3H3. The van der Waals surface area contributed by atoms with Crippen molar-refractivity contribution in [3.8, 4) is 5.75 Å². The lowest BCUT2D eigenvalue weighted by molar-refractivity contribution is 0.340. The van der Waals surface area contributed by atoms with Gasteiger partial charge in [0.15, 0.2) is 0 Å². The van der Waals surface area contributed by atoms with Crippen molar-refractivity contribution in [3.05, 3.63) is 28.2 Å². The average molecular weight is 292 g/mol. The quantitative estimate of drug-likeness (QED) is 0.725. The van der Waals surface area contributed by atoms with E-state index in [1.54, 1.807) is 0 Å². The lowest BCUT2D eigenvalue weighted by Gasteiger charge is -2.16. The molecule has 1 atom stereocenters. The molecule has 0 aliphatic carbocycles. The van der Waals surface area contributed by atoms with E-state index in [0.29, 0.717) is 12.5 Å². The summed E-state index contributed by atoms with van der Waals surface area (Å²) < 4.78 is 6.42. The summed E-state index contributed by atoms with van der Waals surface area (Å²) in [6.07, 6.45) is 0. The van der Waals surface area contributed by atoms with Crippen LogP contribution in [0.5, 0.6) is 5.75 Å². The number of benzene rings is 1. The van der Waals surface area contributed by atoms with E-state index in [9.17, 15) is 0 Å². The van der Waals surface area contributed by atoms with Gasteiger partial charge in [-0.25, -0.2) is 0 Å². The molecule has 3 heteroatoms. The van der Waals surface area contributed by atoms with E-state index in [2.05, 4.69) is 29.8 Å². The highest BCUT2D eigenvalue weighted by Crippen LogP contribution is 2.35. The predicted molar refractivity (Wildman–Crippen MR) is 68.7 cm³/mol. The summed E-state index contributed by atoms with van der Waals surface area (Å²) in [5.74, 6) is 1.29. The normalized spacial score (nSPS) is 12.9. The molecule has 1 rings (SSSR count). The monoisotopic (exact) mass is 290 g/mol. The van der Waals surface area contributed by atoms with Gasteiger partial charge in [-0.05, 0) is 30.5 Å². The van der Waals surface area contributed by atoms with Gasteiger partial charge in [0, 0.05) is 4.47 Å². The second-order valence-electron chi connectivity index (χ2n) is 3.76. The van der Waals surface area contributed by atoms with Gasteiger partial charge in [-0.3, -0.25) is 0 Å². The molecule has 0 spiro atoms. The zero-order valence-electron chi connectivity index (χ0n) is 9.26. The molecule has 0 heterocycles. The molecule has 0 N–H and O–H groups in total. The summed E-state index contributed by atoms with van der Waals surface area (Å²) in [4.78, 5) is 0. The summed E-state index contributed by atoms with van der Waals surface area (Å²) in [7, 11) is 0. The zero-order chi connectivity index (χ0) is 11.4. The topological polar surface area (TPSA) is 9.23 Å². The van der Waals surface area contributed by atoms with Crippen molar-refractivity contribution in [2.45, 2.75) is 26.1 Å². The van der Waals surface area contributed by atoms with Crippen molar-refractivity contribution < 1.29 is 4.74 Å². The Morgan fingerprint density at radius 3 is 2.53 bits per heavy atom. The van der Waals surface area contributed by atoms with Crippen molar-refractivity contribution in [2.24, 2.45) is 5.92 Å². The van der Waals surface area contributed by atoms with Gasteiger partial charge < -0.3 is 4.74 Å². The van der Waals surface area contributed by atoms with Crippen LogP contribution in [0.15, 0.2) is 22.7 Å². The van der Waals surface area contributed by atoms with Gasteiger partial charge in [0.25, 0.3) is 0 Å². The number of hydrogen-bond donors (Lipinski definition) is 0. The van der Waals surface area contributed by atoms with E-state index >= 15 is 0 Å². The van der Waals surface area contributed by atoms with Gasteiger partial charge in [-0.2, -0.15) is 0 Å². The number of hydrogen-bond acceptors (Lipinski definition) is 1. The maximum Gasteiger partial charge on any atom is 0.120 e. The summed E-state index contributed by atoms with van der Waals surface area (Å²) in [6, 6.07) is 5.95. The molecule has 1 aromatic carbocycles. The third-order valence-corrected chi connectivity index (χ3v) is 3.59. The fraction of sp³-hybridized carbons (Fsp3) is 0.500. The first kappa shape index (κ1) is 12.9. The van der Waals surface area contributed by atoms with Crippen LogP contribution in [0.2, 0.25) is 0 Å². The van der Waals surface area contributed by atoms with E-state index in [0.717, 1.165) is 15.8 Å². The molecule has 15 heavy (non-hydrogen) atoms. The summed E-state index contributed by atoms with van der Waals surface area (Å²) >= 11 is 9.83. The van der Waals surface area contributed by atoms with Gasteiger partial charge in [-0.15, -0.1) is 11.6 Å². The number of alkyl halides is 1. The Morgan fingerprint density at radius 2 is 2.07 bits per heavy atom. The minimum Gasteiger partial charge on any atom is -0.494 e. The predicted octanol–water partition coefficient (Wildman–Crippen LogP) is 4.78. The lowest BCUT2D eigenvalue weighted by atomic mass is 10.0. The van der Waals surface area contributed by atoms with Gasteiger partial charge in [0.2, 0.25) is 0 Å². The van der Waals surface area contributed by atoms with Crippen LogP contribution in [-0.2, 0) is 0 Å². The number of halogens is 2.